The van der Waals surface area contributed by atoms with Crippen molar-refractivity contribution < 1.29 is 31.1 Å². The SMILES string of the molecule is O=Cc1cncc(-c2cc(C(F)(F)F)cc(C(F)(F)F)c2)c1. The smallest absolute Gasteiger partial charge is 0.298 e. The van der Waals surface area contributed by atoms with Gasteiger partial charge in [-0.2, -0.15) is 26.3 Å². The molecule has 2 rings (SSSR count). The molecule has 116 valence electrons. The van der Waals surface area contributed by atoms with Crippen LogP contribution in [0.5, 0.6) is 0 Å². The van der Waals surface area contributed by atoms with Gasteiger partial charge >= 0.3 is 12.4 Å². The number of pyridine rings is 1. The molecule has 1 aromatic heterocycles. The Labute approximate surface area is 120 Å². The second-order valence-electron chi connectivity index (χ2n) is 4.42. The lowest BCUT2D eigenvalue weighted by atomic mass is 9.99. The van der Waals surface area contributed by atoms with Crippen molar-refractivity contribution >= 4 is 6.29 Å². The summed E-state index contributed by atoms with van der Waals surface area (Å²) in [5, 5.41) is 0. The molecule has 0 saturated heterocycles. The maximum atomic E-state index is 12.8. The Morgan fingerprint density at radius 1 is 0.773 bits per heavy atom. The van der Waals surface area contributed by atoms with E-state index in [0.717, 1.165) is 18.5 Å². The molecule has 0 bridgehead atoms. The molecule has 0 aliphatic heterocycles. The summed E-state index contributed by atoms with van der Waals surface area (Å²) in [7, 11) is 0. The topological polar surface area (TPSA) is 30.0 Å². The van der Waals surface area contributed by atoms with Crippen LogP contribution in [0.1, 0.15) is 21.5 Å². The Morgan fingerprint density at radius 3 is 1.77 bits per heavy atom. The highest BCUT2D eigenvalue weighted by Gasteiger charge is 2.37. The molecule has 0 saturated carbocycles. The molecule has 0 radical (unpaired) electrons. The van der Waals surface area contributed by atoms with Crippen LogP contribution in [0.2, 0.25) is 0 Å². The van der Waals surface area contributed by atoms with Gasteiger partial charge in [0.25, 0.3) is 0 Å². The highest BCUT2D eigenvalue weighted by Crippen LogP contribution is 2.38. The van der Waals surface area contributed by atoms with Crippen molar-refractivity contribution in [3.8, 4) is 11.1 Å². The summed E-state index contributed by atoms with van der Waals surface area (Å²) < 4.78 is 76.5. The lowest BCUT2D eigenvalue weighted by Crippen LogP contribution is -2.11. The maximum absolute atomic E-state index is 12.8. The van der Waals surface area contributed by atoms with E-state index >= 15 is 0 Å². The number of aromatic nitrogens is 1. The first-order valence-electron chi connectivity index (χ1n) is 5.81. The number of benzene rings is 1. The number of alkyl halides is 6. The summed E-state index contributed by atoms with van der Waals surface area (Å²) in [4.78, 5) is 14.3. The van der Waals surface area contributed by atoms with Crippen LogP contribution in [0.25, 0.3) is 11.1 Å². The summed E-state index contributed by atoms with van der Waals surface area (Å²) in [5.41, 5.74) is -3.13. The zero-order valence-corrected chi connectivity index (χ0v) is 10.7. The minimum atomic E-state index is -4.92. The maximum Gasteiger partial charge on any atom is 0.416 e. The predicted molar refractivity (Wildman–Crippen MR) is 65.1 cm³/mol. The van der Waals surface area contributed by atoms with Crippen molar-refractivity contribution in [2.75, 3.05) is 0 Å². The van der Waals surface area contributed by atoms with Crippen LogP contribution in [0.15, 0.2) is 36.7 Å². The standard InChI is InChI=1S/C14H7F6NO/c15-13(16,17)11-2-9(3-12(4-11)14(18,19)20)10-1-8(7-22)5-21-6-10/h1-7H. The fourth-order valence-electron chi connectivity index (χ4n) is 1.80. The molecule has 0 atom stereocenters. The van der Waals surface area contributed by atoms with Gasteiger partial charge in [-0.15, -0.1) is 0 Å². The molecule has 0 aliphatic rings. The fraction of sp³-hybridized carbons (Fsp3) is 0.143. The number of hydrogen-bond acceptors (Lipinski definition) is 2. The van der Waals surface area contributed by atoms with Crippen molar-refractivity contribution in [1.82, 2.24) is 4.98 Å². The van der Waals surface area contributed by atoms with Crippen molar-refractivity contribution in [1.29, 1.82) is 0 Å². The summed E-state index contributed by atoms with van der Waals surface area (Å²) in [5.74, 6) is 0. The van der Waals surface area contributed by atoms with Crippen LogP contribution >= 0.6 is 0 Å². The molecule has 1 aromatic carbocycles. The van der Waals surface area contributed by atoms with Gasteiger partial charge in [-0.05, 0) is 29.8 Å². The number of carbonyl (C=O) groups excluding carboxylic acids is 1. The summed E-state index contributed by atoms with van der Waals surface area (Å²) in [6.45, 7) is 0. The monoisotopic (exact) mass is 319 g/mol. The molecule has 0 aliphatic carbocycles. The molecule has 0 N–H and O–H groups in total. The van der Waals surface area contributed by atoms with E-state index in [0.29, 0.717) is 18.4 Å². The van der Waals surface area contributed by atoms with Crippen molar-refractivity contribution in [3.63, 3.8) is 0 Å². The Kier molecular flexibility index (Phi) is 3.95. The van der Waals surface area contributed by atoms with Gasteiger partial charge in [0.05, 0.1) is 11.1 Å². The van der Waals surface area contributed by atoms with E-state index in [9.17, 15) is 31.1 Å². The summed E-state index contributed by atoms with van der Waals surface area (Å²) >= 11 is 0. The first kappa shape index (κ1) is 16.0. The quantitative estimate of drug-likeness (QED) is 0.598. The second-order valence-corrected chi connectivity index (χ2v) is 4.42. The third-order valence-corrected chi connectivity index (χ3v) is 2.82. The van der Waals surface area contributed by atoms with E-state index in [4.69, 9.17) is 0 Å². The molecule has 0 amide bonds. The van der Waals surface area contributed by atoms with Crippen molar-refractivity contribution in [2.45, 2.75) is 12.4 Å². The highest BCUT2D eigenvalue weighted by molar-refractivity contribution is 5.78. The van der Waals surface area contributed by atoms with Crippen molar-refractivity contribution in [3.05, 3.63) is 53.3 Å². The normalized spacial score (nSPS) is 12.3. The summed E-state index contributed by atoms with van der Waals surface area (Å²) in [6.07, 6.45) is -7.22. The minimum Gasteiger partial charge on any atom is -0.298 e. The van der Waals surface area contributed by atoms with Gasteiger partial charge in [-0.25, -0.2) is 0 Å². The number of hydrogen-bond donors (Lipinski definition) is 0. The van der Waals surface area contributed by atoms with Gasteiger partial charge in [-0.1, -0.05) is 0 Å². The summed E-state index contributed by atoms with van der Waals surface area (Å²) in [6, 6.07) is 2.37. The first-order chi connectivity index (χ1) is 10.1. The predicted octanol–water partition coefficient (Wildman–Crippen LogP) is 4.60. The molecule has 2 nitrogen and oxygen atoms in total. The van der Waals surface area contributed by atoms with Gasteiger partial charge in [0.15, 0.2) is 6.29 Å². The Balaban J connectivity index is 2.67. The van der Waals surface area contributed by atoms with E-state index in [-0.39, 0.29) is 22.8 Å². The average molecular weight is 319 g/mol. The lowest BCUT2D eigenvalue weighted by molar-refractivity contribution is -0.143. The van der Waals surface area contributed by atoms with Gasteiger partial charge in [-0.3, -0.25) is 9.78 Å². The van der Waals surface area contributed by atoms with Crippen LogP contribution in [-0.2, 0) is 12.4 Å². The Morgan fingerprint density at radius 2 is 1.32 bits per heavy atom. The van der Waals surface area contributed by atoms with Gasteiger partial charge in [0.1, 0.15) is 0 Å². The number of carbonyl (C=O) groups is 1. The molecule has 0 fully saturated rings. The number of nitrogens with zero attached hydrogens (tertiary/aromatic N) is 1. The highest BCUT2D eigenvalue weighted by atomic mass is 19.4. The van der Waals surface area contributed by atoms with E-state index in [1.54, 1.807) is 0 Å². The molecule has 0 spiro atoms. The number of aldehydes is 1. The Hall–Kier alpha value is -2.38. The van der Waals surface area contributed by atoms with E-state index < -0.39 is 23.5 Å². The van der Waals surface area contributed by atoms with Crippen LogP contribution in [-0.4, -0.2) is 11.3 Å². The zero-order valence-electron chi connectivity index (χ0n) is 10.7. The minimum absolute atomic E-state index is 0.0128. The van der Waals surface area contributed by atoms with Crippen LogP contribution in [0, 0.1) is 0 Å². The molecule has 22 heavy (non-hydrogen) atoms. The molecular formula is C14H7F6NO. The molecule has 0 unspecified atom stereocenters. The fourth-order valence-corrected chi connectivity index (χ4v) is 1.80. The zero-order chi connectivity index (χ0) is 16.5. The van der Waals surface area contributed by atoms with Crippen LogP contribution in [0.4, 0.5) is 26.3 Å². The molecule has 8 heteroatoms. The van der Waals surface area contributed by atoms with E-state index in [1.165, 1.54) is 0 Å². The number of halogens is 6. The lowest BCUT2D eigenvalue weighted by Gasteiger charge is -2.14. The first-order valence-corrected chi connectivity index (χ1v) is 5.81. The third kappa shape index (κ3) is 3.44. The van der Waals surface area contributed by atoms with Crippen LogP contribution in [0.3, 0.4) is 0 Å². The molecule has 1 heterocycles. The molecular weight excluding hydrogens is 312 g/mol. The van der Waals surface area contributed by atoms with Gasteiger partial charge in [0.2, 0.25) is 0 Å². The average Bonchev–Trinajstić information content (AvgIpc) is 2.45. The largest absolute Gasteiger partial charge is 0.416 e. The number of rotatable bonds is 2. The van der Waals surface area contributed by atoms with Gasteiger partial charge < -0.3 is 0 Å². The second kappa shape index (κ2) is 5.43. The van der Waals surface area contributed by atoms with E-state index in [2.05, 4.69) is 4.98 Å². The third-order valence-electron chi connectivity index (χ3n) is 2.82. The van der Waals surface area contributed by atoms with Crippen molar-refractivity contribution in [2.24, 2.45) is 0 Å². The molecule has 2 aromatic rings. The van der Waals surface area contributed by atoms with Gasteiger partial charge in [0, 0.05) is 23.5 Å². The van der Waals surface area contributed by atoms with Crippen LogP contribution < -0.4 is 0 Å². The van der Waals surface area contributed by atoms with E-state index in [1.807, 2.05) is 0 Å². The Bertz CT molecular complexity index is 673.